The third-order valence-corrected chi connectivity index (χ3v) is 10.2. The van der Waals surface area contributed by atoms with E-state index in [0.717, 1.165) is 52.0 Å². The van der Waals surface area contributed by atoms with E-state index in [4.69, 9.17) is 28.8 Å². The first-order valence-corrected chi connectivity index (χ1v) is 13.3. The minimum absolute atomic E-state index is 0.117. The van der Waals surface area contributed by atoms with Gasteiger partial charge in [0.25, 0.3) is 0 Å². The summed E-state index contributed by atoms with van der Waals surface area (Å²) in [6.07, 6.45) is 12.4. The monoisotopic (exact) mass is 490 g/mol. The van der Waals surface area contributed by atoms with Gasteiger partial charge >= 0.3 is 0 Å². The van der Waals surface area contributed by atoms with Crippen LogP contribution in [0.3, 0.4) is 0 Å². The number of nitrogens with two attached hydrogens (primary N) is 3. The molecule has 0 radical (unpaired) electrons. The largest absolute Gasteiger partial charge is 0.386 e. The number of nitrogens with one attached hydrogen (secondary N) is 1. The van der Waals surface area contributed by atoms with Gasteiger partial charge in [-0.2, -0.15) is 0 Å². The van der Waals surface area contributed by atoms with E-state index in [1.165, 1.54) is 11.1 Å². The highest BCUT2D eigenvalue weighted by Crippen LogP contribution is 2.50. The van der Waals surface area contributed by atoms with Crippen molar-refractivity contribution < 1.29 is 0 Å². The van der Waals surface area contributed by atoms with Crippen LogP contribution in [0.5, 0.6) is 0 Å². The summed E-state index contributed by atoms with van der Waals surface area (Å²) in [6, 6.07) is 2.22. The van der Waals surface area contributed by atoms with E-state index in [0.29, 0.717) is 12.4 Å². The smallest absolute Gasteiger partial charge is 0.113 e. The highest BCUT2D eigenvalue weighted by atomic mass is 35.5. The van der Waals surface area contributed by atoms with Crippen LogP contribution < -0.4 is 22.5 Å². The molecular weight excluding hydrogens is 456 g/mol. The molecule has 8 nitrogen and oxygen atoms in total. The van der Waals surface area contributed by atoms with Gasteiger partial charge in [0, 0.05) is 62.3 Å². The van der Waals surface area contributed by atoms with E-state index >= 15 is 0 Å². The zero-order chi connectivity index (χ0) is 23.0. The highest BCUT2D eigenvalue weighted by molar-refractivity contribution is 8.00. The van der Waals surface area contributed by atoms with Gasteiger partial charge in [0.1, 0.15) is 17.4 Å². The molecule has 1 saturated heterocycles. The van der Waals surface area contributed by atoms with Crippen molar-refractivity contribution in [1.82, 2.24) is 20.1 Å². The van der Waals surface area contributed by atoms with Crippen LogP contribution in [0.4, 0.5) is 0 Å². The number of rotatable bonds is 6. The fraction of sp³-hybridized carbons (Fsp3) is 0.652. The Labute approximate surface area is 205 Å². The number of pyridine rings is 1. The van der Waals surface area contributed by atoms with Crippen LogP contribution in [0.25, 0.3) is 0 Å². The zero-order valence-electron chi connectivity index (χ0n) is 18.9. The number of hydrogen-bond donors (Lipinski definition) is 4. The molecule has 10 heteroatoms. The van der Waals surface area contributed by atoms with Crippen molar-refractivity contribution >= 4 is 29.2 Å². The van der Waals surface area contributed by atoms with E-state index in [9.17, 15) is 0 Å². The number of aromatic nitrogens is 1. The molecule has 1 aromatic rings. The van der Waals surface area contributed by atoms with Gasteiger partial charge in [0.2, 0.25) is 0 Å². The Bertz CT molecular complexity index is 902. The van der Waals surface area contributed by atoms with Crippen molar-refractivity contribution in [3.05, 3.63) is 42.0 Å². The minimum Gasteiger partial charge on any atom is -0.386 e. The maximum absolute atomic E-state index is 6.73. The lowest BCUT2D eigenvalue weighted by Gasteiger charge is -2.44. The molecule has 0 amide bonds. The van der Waals surface area contributed by atoms with Gasteiger partial charge in [-0.3, -0.25) is 14.9 Å². The molecule has 0 aromatic carbocycles. The first-order chi connectivity index (χ1) is 16.0. The summed E-state index contributed by atoms with van der Waals surface area (Å²) in [7, 11) is 0. The molecule has 1 aliphatic carbocycles. The van der Waals surface area contributed by atoms with Crippen molar-refractivity contribution in [3.63, 3.8) is 0 Å². The molecule has 7 N–H and O–H groups in total. The van der Waals surface area contributed by atoms with Gasteiger partial charge in [0.15, 0.2) is 0 Å². The molecule has 180 valence electrons. The molecule has 3 unspecified atom stereocenters. The van der Waals surface area contributed by atoms with Crippen molar-refractivity contribution in [3.8, 4) is 0 Å². The zero-order valence-corrected chi connectivity index (χ0v) is 20.5. The molecule has 4 aliphatic rings. The molecule has 4 heterocycles. The Kier molecular flexibility index (Phi) is 6.77. The second-order valence-electron chi connectivity index (χ2n) is 9.74. The van der Waals surface area contributed by atoms with E-state index in [1.807, 2.05) is 30.4 Å². The fourth-order valence-electron chi connectivity index (χ4n) is 5.81. The number of hydrogen-bond acceptors (Lipinski definition) is 9. The third kappa shape index (κ3) is 4.46. The van der Waals surface area contributed by atoms with Gasteiger partial charge in [-0.1, -0.05) is 0 Å². The average molecular weight is 491 g/mol. The Morgan fingerprint density at radius 1 is 1.33 bits per heavy atom. The third-order valence-electron chi connectivity index (χ3n) is 7.84. The number of aliphatic imine (C=N–C) groups is 1. The summed E-state index contributed by atoms with van der Waals surface area (Å²) < 4.78 is 0. The summed E-state index contributed by atoms with van der Waals surface area (Å²) >= 11 is 8.39. The van der Waals surface area contributed by atoms with Crippen molar-refractivity contribution in [2.45, 2.75) is 53.8 Å². The highest BCUT2D eigenvalue weighted by Gasteiger charge is 2.46. The lowest BCUT2D eigenvalue weighted by molar-refractivity contribution is 0.0512. The van der Waals surface area contributed by atoms with E-state index in [1.54, 1.807) is 0 Å². The minimum atomic E-state index is -0.228. The van der Waals surface area contributed by atoms with Crippen molar-refractivity contribution in [2.75, 3.05) is 32.8 Å². The average Bonchev–Trinajstić information content (AvgIpc) is 3.39. The molecule has 5 atom stereocenters. The Morgan fingerprint density at radius 2 is 2.15 bits per heavy atom. The van der Waals surface area contributed by atoms with Crippen molar-refractivity contribution in [1.29, 1.82) is 0 Å². The normalized spacial score (nSPS) is 32.0. The van der Waals surface area contributed by atoms with Crippen molar-refractivity contribution in [2.24, 2.45) is 27.6 Å². The molecular formula is C23H35ClN8S. The lowest BCUT2D eigenvalue weighted by atomic mass is 9.73. The number of halogens is 1. The standard InChI is InChI=1S/C23H35ClN8S/c24-19-17(2-6-29-21(19)27)33-18(12-25)22-30-7-10-32(22)14-31-8-3-23(4-9-31)11-15-13-28-5-1-16(15)20(23)26/h1,5,7,10,13,17-20,22,30H,2-4,6,8-9,11-12,14,25-26H2,(H2,27,29)/t17?,18?,19?,20-,22+/m1/s1. The molecule has 1 aromatic heterocycles. The van der Waals surface area contributed by atoms with Crippen LogP contribution in [0.1, 0.15) is 36.4 Å². The van der Waals surface area contributed by atoms with Gasteiger partial charge in [-0.05, 0) is 48.3 Å². The molecule has 1 spiro atoms. The van der Waals surface area contributed by atoms with Gasteiger partial charge in [0.05, 0.1) is 11.9 Å². The number of amidine groups is 1. The SMILES string of the molecule is NCC(SC1CCN=C(N)C1Cl)[C@H]1NC=CN1CN1CCC2(CC1)Cc1cnccc1[C@H]2N. The number of fused-ring (bicyclic) bond motifs is 1. The quantitative estimate of drug-likeness (QED) is 0.438. The number of alkyl halides is 1. The Morgan fingerprint density at radius 3 is 2.91 bits per heavy atom. The maximum atomic E-state index is 6.73. The van der Waals surface area contributed by atoms with Crippen LogP contribution in [-0.4, -0.2) is 75.5 Å². The van der Waals surface area contributed by atoms with Gasteiger partial charge in [-0.15, -0.1) is 23.4 Å². The molecule has 1 fully saturated rings. The second kappa shape index (κ2) is 9.62. The topological polar surface area (TPSA) is 122 Å². The first-order valence-electron chi connectivity index (χ1n) is 11.9. The van der Waals surface area contributed by atoms with Gasteiger partial charge < -0.3 is 27.4 Å². The number of likely N-dealkylation sites (tertiary alicyclic amines) is 1. The number of thioether (sulfide) groups is 1. The van der Waals surface area contributed by atoms with Crippen LogP contribution in [0.15, 0.2) is 35.9 Å². The first kappa shape index (κ1) is 23.2. The molecule has 3 aliphatic heterocycles. The maximum Gasteiger partial charge on any atom is 0.113 e. The summed E-state index contributed by atoms with van der Waals surface area (Å²) in [5.74, 6) is 0.552. The van der Waals surface area contributed by atoms with Crippen LogP contribution >= 0.6 is 23.4 Å². The summed E-state index contributed by atoms with van der Waals surface area (Å²) in [6.45, 7) is 4.28. The van der Waals surface area contributed by atoms with Crippen LogP contribution in [0, 0.1) is 5.41 Å². The predicted molar refractivity (Wildman–Crippen MR) is 136 cm³/mol. The lowest BCUT2D eigenvalue weighted by Crippen LogP contribution is -2.53. The van der Waals surface area contributed by atoms with E-state index < -0.39 is 0 Å². The van der Waals surface area contributed by atoms with Crippen LogP contribution in [0.2, 0.25) is 0 Å². The molecule has 5 rings (SSSR count). The van der Waals surface area contributed by atoms with E-state index in [2.05, 4.69) is 37.4 Å². The Balaban J connectivity index is 1.18. The Hall–Kier alpha value is -1.52. The number of piperidine rings is 1. The fourth-order valence-corrected chi connectivity index (χ4v) is 7.65. The molecule has 33 heavy (non-hydrogen) atoms. The van der Waals surface area contributed by atoms with Gasteiger partial charge in [-0.25, -0.2) is 0 Å². The van der Waals surface area contributed by atoms with Crippen LogP contribution in [-0.2, 0) is 6.42 Å². The summed E-state index contributed by atoms with van der Waals surface area (Å²) in [5.41, 5.74) is 21.8. The number of nitrogens with zero attached hydrogens (tertiary/aromatic N) is 4. The summed E-state index contributed by atoms with van der Waals surface area (Å²) in [4.78, 5) is 13.5. The predicted octanol–water partition coefficient (Wildman–Crippen LogP) is 1.18. The second-order valence-corrected chi connectivity index (χ2v) is 11.7. The molecule has 0 bridgehead atoms. The summed E-state index contributed by atoms with van der Waals surface area (Å²) in [5, 5.41) is 3.73. The molecule has 0 saturated carbocycles. The van der Waals surface area contributed by atoms with E-state index in [-0.39, 0.29) is 33.5 Å².